The zero-order valence-corrected chi connectivity index (χ0v) is 14.8. The van der Waals surface area contributed by atoms with E-state index in [2.05, 4.69) is 20.9 Å². The SMILES string of the molecule is O=C(C(=Nc1ccccc1)C(=O)c1ccc(Br)cc1)c1ccccc1. The first-order valence-corrected chi connectivity index (χ1v) is 8.48. The number of aliphatic imine (C=N–C) groups is 1. The first kappa shape index (κ1) is 17.0. The van der Waals surface area contributed by atoms with Crippen LogP contribution < -0.4 is 0 Å². The van der Waals surface area contributed by atoms with Gasteiger partial charge in [-0.25, -0.2) is 4.99 Å². The van der Waals surface area contributed by atoms with E-state index in [1.807, 2.05) is 24.3 Å². The molecule has 0 aliphatic carbocycles. The third-order valence-corrected chi connectivity index (χ3v) is 4.10. The fourth-order valence-corrected chi connectivity index (χ4v) is 2.56. The van der Waals surface area contributed by atoms with Gasteiger partial charge in [0.15, 0.2) is 5.71 Å². The highest BCUT2D eigenvalue weighted by Gasteiger charge is 2.23. The van der Waals surface area contributed by atoms with Crippen LogP contribution in [0.1, 0.15) is 20.7 Å². The fourth-order valence-electron chi connectivity index (χ4n) is 2.30. The van der Waals surface area contributed by atoms with Crippen molar-refractivity contribution >= 4 is 38.9 Å². The number of nitrogens with zero attached hydrogens (tertiary/aromatic N) is 1. The van der Waals surface area contributed by atoms with Gasteiger partial charge in [0.1, 0.15) is 0 Å². The number of Topliss-reactive ketones (excluding diaryl/α,β-unsaturated/α-hetero) is 2. The molecule has 0 aliphatic heterocycles. The van der Waals surface area contributed by atoms with Crippen LogP contribution in [0.25, 0.3) is 0 Å². The predicted molar refractivity (Wildman–Crippen MR) is 103 cm³/mol. The van der Waals surface area contributed by atoms with E-state index >= 15 is 0 Å². The van der Waals surface area contributed by atoms with Gasteiger partial charge in [0.25, 0.3) is 0 Å². The maximum atomic E-state index is 12.9. The number of hydrogen-bond acceptors (Lipinski definition) is 3. The summed E-state index contributed by atoms with van der Waals surface area (Å²) in [6.07, 6.45) is 0. The number of para-hydroxylation sites is 1. The number of carbonyl (C=O) groups excluding carboxylic acids is 2. The van der Waals surface area contributed by atoms with Gasteiger partial charge in [0.05, 0.1) is 5.69 Å². The Kier molecular flexibility index (Phi) is 5.31. The minimum atomic E-state index is -0.398. The molecule has 0 saturated heterocycles. The number of rotatable bonds is 5. The van der Waals surface area contributed by atoms with Crippen LogP contribution in [0.15, 0.2) is 94.4 Å². The van der Waals surface area contributed by atoms with E-state index in [-0.39, 0.29) is 5.71 Å². The van der Waals surface area contributed by atoms with Gasteiger partial charge >= 0.3 is 0 Å². The number of halogens is 1. The van der Waals surface area contributed by atoms with E-state index < -0.39 is 11.6 Å². The van der Waals surface area contributed by atoms with Gasteiger partial charge in [0, 0.05) is 15.6 Å². The van der Waals surface area contributed by atoms with Crippen LogP contribution in [0.2, 0.25) is 0 Å². The second kappa shape index (κ2) is 7.81. The first-order valence-electron chi connectivity index (χ1n) is 7.69. The Labute approximate surface area is 154 Å². The smallest absolute Gasteiger partial charge is 0.215 e. The average molecular weight is 392 g/mol. The van der Waals surface area contributed by atoms with Gasteiger partial charge in [0.2, 0.25) is 11.6 Å². The van der Waals surface area contributed by atoms with Crippen LogP contribution in [0.4, 0.5) is 5.69 Å². The quantitative estimate of drug-likeness (QED) is 0.337. The van der Waals surface area contributed by atoms with Crippen LogP contribution in [0.5, 0.6) is 0 Å². The monoisotopic (exact) mass is 391 g/mol. The van der Waals surface area contributed by atoms with Crippen molar-refractivity contribution in [2.45, 2.75) is 0 Å². The number of hydrogen-bond donors (Lipinski definition) is 0. The first-order chi connectivity index (χ1) is 12.1. The van der Waals surface area contributed by atoms with E-state index in [1.165, 1.54) is 0 Å². The lowest BCUT2D eigenvalue weighted by Crippen LogP contribution is -2.24. The molecular formula is C21H14BrNO2. The summed E-state index contributed by atoms with van der Waals surface area (Å²) in [5.74, 6) is -0.789. The van der Waals surface area contributed by atoms with Crippen molar-refractivity contribution in [3.05, 3.63) is 101 Å². The van der Waals surface area contributed by atoms with Crippen molar-refractivity contribution in [1.29, 1.82) is 0 Å². The van der Waals surface area contributed by atoms with Gasteiger partial charge in [-0.3, -0.25) is 9.59 Å². The molecule has 25 heavy (non-hydrogen) atoms. The summed E-state index contributed by atoms with van der Waals surface area (Å²) in [7, 11) is 0. The normalized spacial score (nSPS) is 11.2. The zero-order valence-electron chi connectivity index (χ0n) is 13.2. The van der Waals surface area contributed by atoms with Crippen molar-refractivity contribution in [3.63, 3.8) is 0 Å². The van der Waals surface area contributed by atoms with Crippen molar-refractivity contribution in [2.75, 3.05) is 0 Å². The second-order valence-corrected chi connectivity index (χ2v) is 6.24. The molecule has 0 unspecified atom stereocenters. The minimum Gasteiger partial charge on any atom is -0.287 e. The van der Waals surface area contributed by atoms with Crippen molar-refractivity contribution in [2.24, 2.45) is 4.99 Å². The Hall–Kier alpha value is -2.85. The van der Waals surface area contributed by atoms with E-state index in [4.69, 9.17) is 0 Å². The topological polar surface area (TPSA) is 46.5 Å². The van der Waals surface area contributed by atoms with Crippen molar-refractivity contribution < 1.29 is 9.59 Å². The van der Waals surface area contributed by atoms with Crippen molar-refractivity contribution in [1.82, 2.24) is 0 Å². The molecule has 0 N–H and O–H groups in total. The molecule has 0 saturated carbocycles. The van der Waals surface area contributed by atoms with E-state index in [9.17, 15) is 9.59 Å². The highest BCUT2D eigenvalue weighted by molar-refractivity contribution is 9.10. The standard InChI is InChI=1S/C21H14BrNO2/c22-17-13-11-16(12-14-17)21(25)19(23-18-9-5-2-6-10-18)20(24)15-7-3-1-4-8-15/h1-14H. The van der Waals surface area contributed by atoms with Gasteiger partial charge in [-0.15, -0.1) is 0 Å². The summed E-state index contributed by atoms with van der Waals surface area (Å²) >= 11 is 3.34. The van der Waals surface area contributed by atoms with Gasteiger partial charge in [-0.1, -0.05) is 64.5 Å². The summed E-state index contributed by atoms with van der Waals surface area (Å²) in [5, 5.41) is 0. The molecule has 0 aromatic heterocycles. The Morgan fingerprint density at radius 1 is 0.640 bits per heavy atom. The molecule has 0 spiro atoms. The lowest BCUT2D eigenvalue weighted by Gasteiger charge is -2.06. The molecule has 0 amide bonds. The van der Waals surface area contributed by atoms with Gasteiger partial charge < -0.3 is 0 Å². The number of carbonyl (C=O) groups is 2. The van der Waals surface area contributed by atoms with Crippen LogP contribution in [-0.4, -0.2) is 17.3 Å². The van der Waals surface area contributed by atoms with Crippen molar-refractivity contribution in [3.8, 4) is 0 Å². The Bertz CT molecular complexity index is 917. The van der Waals surface area contributed by atoms with Crippen LogP contribution >= 0.6 is 15.9 Å². The molecule has 0 bridgehead atoms. The Balaban J connectivity index is 2.06. The van der Waals surface area contributed by atoms with Crippen LogP contribution in [0, 0.1) is 0 Å². The summed E-state index contributed by atoms with van der Waals surface area (Å²) in [4.78, 5) is 30.1. The Morgan fingerprint density at radius 2 is 1.12 bits per heavy atom. The summed E-state index contributed by atoms with van der Waals surface area (Å²) < 4.78 is 0.861. The summed E-state index contributed by atoms with van der Waals surface area (Å²) in [6.45, 7) is 0. The molecule has 0 fully saturated rings. The van der Waals surface area contributed by atoms with Crippen LogP contribution in [-0.2, 0) is 0 Å². The second-order valence-electron chi connectivity index (χ2n) is 5.33. The Morgan fingerprint density at radius 3 is 1.68 bits per heavy atom. The average Bonchev–Trinajstić information content (AvgIpc) is 2.67. The fraction of sp³-hybridized carbons (Fsp3) is 0. The van der Waals surface area contributed by atoms with Crippen LogP contribution in [0.3, 0.4) is 0 Å². The number of benzene rings is 3. The highest BCUT2D eigenvalue weighted by Crippen LogP contribution is 2.16. The van der Waals surface area contributed by atoms with Gasteiger partial charge in [-0.05, 0) is 36.4 Å². The highest BCUT2D eigenvalue weighted by atomic mass is 79.9. The zero-order chi connectivity index (χ0) is 17.6. The van der Waals surface area contributed by atoms with E-state index in [1.54, 1.807) is 60.7 Å². The molecule has 3 rings (SSSR count). The molecule has 0 aliphatic rings. The molecule has 0 atom stereocenters. The summed E-state index contributed by atoms with van der Waals surface area (Å²) in [5.41, 5.74) is 1.32. The van der Waals surface area contributed by atoms with E-state index in [0.29, 0.717) is 16.8 Å². The lowest BCUT2D eigenvalue weighted by atomic mass is 9.99. The number of ketones is 2. The maximum absolute atomic E-state index is 12.9. The lowest BCUT2D eigenvalue weighted by molar-refractivity contribution is 0.102. The minimum absolute atomic E-state index is 0.0975. The molecule has 0 heterocycles. The molecule has 0 radical (unpaired) electrons. The molecular weight excluding hydrogens is 378 g/mol. The summed E-state index contributed by atoms with van der Waals surface area (Å²) in [6, 6.07) is 24.6. The maximum Gasteiger partial charge on any atom is 0.215 e. The predicted octanol–water partition coefficient (Wildman–Crippen LogP) is 5.29. The largest absolute Gasteiger partial charge is 0.287 e. The molecule has 3 nitrogen and oxygen atoms in total. The van der Waals surface area contributed by atoms with Gasteiger partial charge in [-0.2, -0.15) is 0 Å². The third kappa shape index (κ3) is 4.17. The molecule has 4 heteroatoms. The third-order valence-electron chi connectivity index (χ3n) is 3.57. The van der Waals surface area contributed by atoms with E-state index in [0.717, 1.165) is 4.47 Å². The molecule has 3 aromatic carbocycles. The molecule has 122 valence electrons. The molecule has 3 aromatic rings.